The van der Waals surface area contributed by atoms with Crippen molar-refractivity contribution in [3.63, 3.8) is 0 Å². The molecule has 5 N–H and O–H groups in total. The normalized spacial score (nSPS) is 11.9. The van der Waals surface area contributed by atoms with Crippen LogP contribution in [0, 0.1) is 0 Å². The minimum Gasteiger partial charge on any atom is -0.480 e. The van der Waals surface area contributed by atoms with E-state index in [1.807, 2.05) is 24.3 Å². The largest absolute Gasteiger partial charge is 0.480 e. The molecule has 9 nitrogen and oxygen atoms in total. The van der Waals surface area contributed by atoms with Crippen LogP contribution in [0.2, 0.25) is 0 Å². The Morgan fingerprint density at radius 1 is 1.00 bits per heavy atom. The summed E-state index contributed by atoms with van der Waals surface area (Å²) in [6.45, 7) is -1.02. The number of aliphatic carboxylic acids is 3. The van der Waals surface area contributed by atoms with Crippen molar-refractivity contribution < 1.29 is 29.7 Å². The Morgan fingerprint density at radius 2 is 1.56 bits per heavy atom. The third-order valence-corrected chi connectivity index (χ3v) is 3.56. The highest BCUT2D eigenvalue weighted by Crippen LogP contribution is 2.13. The number of carboxylic acid groups (broad SMARTS) is 3. The Hall–Kier alpha value is -2.65. The first-order chi connectivity index (χ1) is 11.8. The zero-order chi connectivity index (χ0) is 18.8. The smallest absolute Gasteiger partial charge is 0.317 e. The fourth-order valence-corrected chi connectivity index (χ4v) is 2.42. The molecule has 1 rings (SSSR count). The summed E-state index contributed by atoms with van der Waals surface area (Å²) < 4.78 is 0. The summed E-state index contributed by atoms with van der Waals surface area (Å²) in [5.74, 6) is -3.33. The molecule has 1 aromatic carbocycles. The second-order valence-electron chi connectivity index (χ2n) is 5.52. The molecule has 0 fully saturated rings. The number of anilines is 1. The van der Waals surface area contributed by atoms with E-state index in [9.17, 15) is 14.4 Å². The zero-order valence-electron chi connectivity index (χ0n) is 13.9. The first-order valence-corrected chi connectivity index (χ1v) is 7.68. The van der Waals surface area contributed by atoms with Crippen molar-refractivity contribution in [3.8, 4) is 0 Å². The lowest BCUT2D eigenvalue weighted by Crippen LogP contribution is -2.48. The highest BCUT2D eigenvalue weighted by atomic mass is 16.4. The standard InChI is InChI=1S/C16H23N3O6/c1-17-12-4-2-11(3-5-12)6-13(7-18-8-14(20)21)19(9-15(22)23)10-16(24)25/h2-5,13,17-18H,6-10H2,1H3,(H,20,21)(H,22,23)(H,24,25). The van der Waals surface area contributed by atoms with Crippen molar-refractivity contribution in [1.29, 1.82) is 0 Å². The van der Waals surface area contributed by atoms with E-state index >= 15 is 0 Å². The molecular weight excluding hydrogens is 330 g/mol. The van der Waals surface area contributed by atoms with Gasteiger partial charge in [-0.2, -0.15) is 0 Å². The lowest BCUT2D eigenvalue weighted by atomic mass is 10.0. The maximum absolute atomic E-state index is 11.1. The van der Waals surface area contributed by atoms with Gasteiger partial charge in [0.05, 0.1) is 19.6 Å². The molecule has 0 heterocycles. The molecule has 0 saturated heterocycles. The maximum atomic E-state index is 11.1. The molecule has 0 aliphatic rings. The Morgan fingerprint density at radius 3 is 2.00 bits per heavy atom. The van der Waals surface area contributed by atoms with Crippen LogP contribution in [0.15, 0.2) is 24.3 Å². The molecule has 0 spiro atoms. The Kier molecular flexibility index (Phi) is 8.37. The quantitative estimate of drug-likeness (QED) is 0.345. The molecule has 138 valence electrons. The predicted octanol–water partition coefficient (Wildman–Crippen LogP) is -0.215. The lowest BCUT2D eigenvalue weighted by molar-refractivity contribution is -0.143. The van der Waals surface area contributed by atoms with Gasteiger partial charge in [-0.05, 0) is 24.1 Å². The number of carbonyl (C=O) groups is 3. The monoisotopic (exact) mass is 353 g/mol. The molecule has 0 aliphatic carbocycles. The summed E-state index contributed by atoms with van der Waals surface area (Å²) in [7, 11) is 1.79. The number of carboxylic acids is 3. The predicted molar refractivity (Wildman–Crippen MR) is 90.8 cm³/mol. The highest BCUT2D eigenvalue weighted by Gasteiger charge is 2.23. The van der Waals surface area contributed by atoms with Gasteiger partial charge in [0.1, 0.15) is 0 Å². The van der Waals surface area contributed by atoms with E-state index in [2.05, 4.69) is 10.6 Å². The van der Waals surface area contributed by atoms with Crippen LogP contribution in [0.1, 0.15) is 5.56 Å². The van der Waals surface area contributed by atoms with E-state index < -0.39 is 37.0 Å². The van der Waals surface area contributed by atoms with E-state index in [1.54, 1.807) is 7.05 Å². The zero-order valence-corrected chi connectivity index (χ0v) is 13.9. The number of benzene rings is 1. The van der Waals surface area contributed by atoms with Crippen LogP contribution >= 0.6 is 0 Å². The van der Waals surface area contributed by atoms with Gasteiger partial charge >= 0.3 is 17.9 Å². The molecule has 0 aromatic heterocycles. The molecule has 1 atom stereocenters. The lowest BCUT2D eigenvalue weighted by Gasteiger charge is -2.29. The molecule has 0 saturated carbocycles. The van der Waals surface area contributed by atoms with Crippen molar-refractivity contribution >= 4 is 23.6 Å². The summed E-state index contributed by atoms with van der Waals surface area (Å²) in [6, 6.07) is 6.95. The fourth-order valence-electron chi connectivity index (χ4n) is 2.42. The molecule has 1 aromatic rings. The van der Waals surface area contributed by atoms with Gasteiger partial charge in [0.2, 0.25) is 0 Å². The van der Waals surface area contributed by atoms with Crippen molar-refractivity contribution in [2.45, 2.75) is 12.5 Å². The van der Waals surface area contributed by atoms with Crippen molar-refractivity contribution in [1.82, 2.24) is 10.2 Å². The molecule has 1 unspecified atom stereocenters. The summed E-state index contributed by atoms with van der Waals surface area (Å²) in [5.41, 5.74) is 1.80. The van der Waals surface area contributed by atoms with Crippen LogP contribution < -0.4 is 10.6 Å². The van der Waals surface area contributed by atoms with Gasteiger partial charge < -0.3 is 26.0 Å². The number of hydrogen-bond acceptors (Lipinski definition) is 6. The Balaban J connectivity index is 2.91. The summed E-state index contributed by atoms with van der Waals surface area (Å²) >= 11 is 0. The van der Waals surface area contributed by atoms with Crippen LogP contribution in [0.3, 0.4) is 0 Å². The highest BCUT2D eigenvalue weighted by molar-refractivity contribution is 5.72. The molecule has 25 heavy (non-hydrogen) atoms. The summed E-state index contributed by atoms with van der Waals surface area (Å²) in [6.07, 6.45) is 0.386. The fraction of sp³-hybridized carbons (Fsp3) is 0.438. The SMILES string of the molecule is CNc1ccc(CC(CNCC(=O)O)N(CC(=O)O)CC(=O)O)cc1. The first-order valence-electron chi connectivity index (χ1n) is 7.68. The molecule has 0 bridgehead atoms. The molecule has 0 amide bonds. The number of rotatable bonds is 12. The maximum Gasteiger partial charge on any atom is 0.317 e. The Bertz CT molecular complexity index is 574. The van der Waals surface area contributed by atoms with E-state index in [1.165, 1.54) is 4.90 Å². The number of hydrogen-bond donors (Lipinski definition) is 5. The first kappa shape index (κ1) is 20.4. The van der Waals surface area contributed by atoms with E-state index in [0.717, 1.165) is 11.3 Å². The average molecular weight is 353 g/mol. The third kappa shape index (κ3) is 8.13. The van der Waals surface area contributed by atoms with Crippen LogP contribution in [0.5, 0.6) is 0 Å². The van der Waals surface area contributed by atoms with Gasteiger partial charge in [0.15, 0.2) is 0 Å². The molecular formula is C16H23N3O6. The van der Waals surface area contributed by atoms with Crippen LogP contribution in [-0.4, -0.2) is 77.4 Å². The van der Waals surface area contributed by atoms with Gasteiger partial charge in [-0.3, -0.25) is 19.3 Å². The second kappa shape index (κ2) is 10.3. The Labute approximate surface area is 145 Å². The summed E-state index contributed by atoms with van der Waals surface area (Å²) in [4.78, 5) is 34.1. The molecule has 9 heteroatoms. The average Bonchev–Trinajstić information content (AvgIpc) is 2.52. The molecule has 0 radical (unpaired) electrons. The third-order valence-electron chi connectivity index (χ3n) is 3.56. The summed E-state index contributed by atoms with van der Waals surface area (Å²) in [5, 5.41) is 32.5. The van der Waals surface area contributed by atoms with Crippen molar-refractivity contribution in [2.75, 3.05) is 38.5 Å². The van der Waals surface area contributed by atoms with E-state index in [0.29, 0.717) is 6.42 Å². The van der Waals surface area contributed by atoms with E-state index in [4.69, 9.17) is 15.3 Å². The van der Waals surface area contributed by atoms with Crippen molar-refractivity contribution in [2.24, 2.45) is 0 Å². The van der Waals surface area contributed by atoms with Gasteiger partial charge in [0, 0.05) is 25.3 Å². The minimum atomic E-state index is -1.14. The topological polar surface area (TPSA) is 139 Å². The van der Waals surface area contributed by atoms with Gasteiger partial charge in [-0.25, -0.2) is 0 Å². The van der Waals surface area contributed by atoms with Crippen LogP contribution in [0.4, 0.5) is 5.69 Å². The molecule has 0 aliphatic heterocycles. The number of nitrogens with zero attached hydrogens (tertiary/aromatic N) is 1. The van der Waals surface area contributed by atoms with Gasteiger partial charge in [-0.15, -0.1) is 0 Å². The second-order valence-corrected chi connectivity index (χ2v) is 5.52. The van der Waals surface area contributed by atoms with Gasteiger partial charge in [0.25, 0.3) is 0 Å². The van der Waals surface area contributed by atoms with Crippen LogP contribution in [0.25, 0.3) is 0 Å². The number of nitrogens with one attached hydrogen (secondary N) is 2. The van der Waals surface area contributed by atoms with Gasteiger partial charge in [-0.1, -0.05) is 12.1 Å². The minimum absolute atomic E-state index is 0.153. The van der Waals surface area contributed by atoms with Crippen molar-refractivity contribution in [3.05, 3.63) is 29.8 Å². The van der Waals surface area contributed by atoms with Crippen LogP contribution in [-0.2, 0) is 20.8 Å². The van der Waals surface area contributed by atoms with E-state index in [-0.39, 0.29) is 13.1 Å².